The fourth-order valence-corrected chi connectivity index (χ4v) is 2.93. The zero-order valence-corrected chi connectivity index (χ0v) is 15.9. The number of benzene rings is 2. The minimum atomic E-state index is -0.279. The van der Waals surface area contributed by atoms with Gasteiger partial charge >= 0.3 is 0 Å². The van der Waals surface area contributed by atoms with Crippen molar-refractivity contribution in [2.24, 2.45) is 0 Å². The number of hydrogen-bond donors (Lipinski definition) is 1. The fraction of sp³-hybridized carbons (Fsp3) is 0.350. The van der Waals surface area contributed by atoms with Crippen LogP contribution in [-0.4, -0.2) is 12.5 Å². The highest BCUT2D eigenvalue weighted by molar-refractivity contribution is 6.37. The van der Waals surface area contributed by atoms with Crippen LogP contribution in [0.25, 0.3) is 0 Å². The molecule has 25 heavy (non-hydrogen) atoms. The second-order valence-electron chi connectivity index (χ2n) is 5.87. The van der Waals surface area contributed by atoms with E-state index in [-0.39, 0.29) is 5.91 Å². The highest BCUT2D eigenvalue weighted by atomic mass is 35.5. The first-order valence-corrected chi connectivity index (χ1v) is 9.35. The van der Waals surface area contributed by atoms with Gasteiger partial charge in [0.15, 0.2) is 0 Å². The predicted octanol–water partition coefficient (Wildman–Crippen LogP) is 6.59. The number of carbonyl (C=O) groups is 1. The van der Waals surface area contributed by atoms with E-state index in [0.717, 1.165) is 12.2 Å². The van der Waals surface area contributed by atoms with Gasteiger partial charge in [-0.3, -0.25) is 4.79 Å². The lowest BCUT2D eigenvalue weighted by molar-refractivity contribution is 0.102. The minimum Gasteiger partial charge on any atom is -0.494 e. The van der Waals surface area contributed by atoms with E-state index < -0.39 is 0 Å². The van der Waals surface area contributed by atoms with Gasteiger partial charge in [0.1, 0.15) is 5.75 Å². The summed E-state index contributed by atoms with van der Waals surface area (Å²) in [6.07, 6.45) is 5.98. The minimum absolute atomic E-state index is 0.279. The van der Waals surface area contributed by atoms with Gasteiger partial charge in [-0.2, -0.15) is 0 Å². The van der Waals surface area contributed by atoms with E-state index in [0.29, 0.717) is 27.9 Å². The third kappa shape index (κ3) is 6.60. The molecule has 0 unspecified atom stereocenters. The molecule has 0 aromatic heterocycles. The summed E-state index contributed by atoms with van der Waals surface area (Å²) in [4.78, 5) is 12.3. The molecule has 1 N–H and O–H groups in total. The van der Waals surface area contributed by atoms with Crippen molar-refractivity contribution >= 4 is 34.8 Å². The fourth-order valence-electron chi connectivity index (χ4n) is 2.43. The molecule has 0 radical (unpaired) electrons. The second kappa shape index (κ2) is 10.3. The van der Waals surface area contributed by atoms with Gasteiger partial charge in [-0.05, 0) is 36.8 Å². The Morgan fingerprint density at radius 3 is 2.60 bits per heavy atom. The molecule has 1 amide bonds. The van der Waals surface area contributed by atoms with Gasteiger partial charge in [-0.1, -0.05) is 61.9 Å². The van der Waals surface area contributed by atoms with Crippen LogP contribution < -0.4 is 10.1 Å². The van der Waals surface area contributed by atoms with Gasteiger partial charge in [-0.15, -0.1) is 0 Å². The van der Waals surface area contributed by atoms with Crippen LogP contribution in [0.4, 0.5) is 5.69 Å². The van der Waals surface area contributed by atoms with Crippen LogP contribution >= 0.6 is 23.2 Å². The first-order valence-electron chi connectivity index (χ1n) is 8.59. The third-order valence-corrected chi connectivity index (χ3v) is 4.33. The van der Waals surface area contributed by atoms with E-state index in [9.17, 15) is 4.79 Å². The molecule has 0 aliphatic heterocycles. The Morgan fingerprint density at radius 1 is 1.04 bits per heavy atom. The number of rotatable bonds is 9. The van der Waals surface area contributed by atoms with Crippen LogP contribution in [0.3, 0.4) is 0 Å². The molecule has 0 heterocycles. The van der Waals surface area contributed by atoms with Crippen molar-refractivity contribution in [3.8, 4) is 5.75 Å². The van der Waals surface area contributed by atoms with Crippen molar-refractivity contribution in [2.75, 3.05) is 11.9 Å². The first kappa shape index (κ1) is 19.6. The molecule has 0 fully saturated rings. The van der Waals surface area contributed by atoms with Crippen molar-refractivity contribution in [3.05, 3.63) is 58.1 Å². The summed E-state index contributed by atoms with van der Waals surface area (Å²) in [5.74, 6) is 0.467. The van der Waals surface area contributed by atoms with Crippen molar-refractivity contribution < 1.29 is 9.53 Å². The van der Waals surface area contributed by atoms with Crippen molar-refractivity contribution in [3.63, 3.8) is 0 Å². The molecule has 0 bridgehead atoms. The largest absolute Gasteiger partial charge is 0.494 e. The van der Waals surface area contributed by atoms with Crippen LogP contribution in [0, 0.1) is 0 Å². The number of amides is 1. The monoisotopic (exact) mass is 379 g/mol. The van der Waals surface area contributed by atoms with Crippen LogP contribution in [0.1, 0.15) is 49.4 Å². The van der Waals surface area contributed by atoms with E-state index in [1.165, 1.54) is 25.7 Å². The number of nitrogens with one attached hydrogen (secondary N) is 1. The Bertz CT molecular complexity index is 704. The van der Waals surface area contributed by atoms with E-state index in [1.54, 1.807) is 18.2 Å². The molecule has 0 saturated carbocycles. The molecule has 5 heteroatoms. The predicted molar refractivity (Wildman–Crippen MR) is 105 cm³/mol. The van der Waals surface area contributed by atoms with Gasteiger partial charge in [-0.25, -0.2) is 0 Å². The SMILES string of the molecule is CCCCCCCOc1cccc(NC(=O)c2ccc(Cl)cc2Cl)c1. The van der Waals surface area contributed by atoms with Crippen LogP contribution in [0.2, 0.25) is 10.0 Å². The van der Waals surface area contributed by atoms with Gasteiger partial charge in [0.25, 0.3) is 5.91 Å². The summed E-state index contributed by atoms with van der Waals surface area (Å²) in [5, 5.41) is 3.65. The smallest absolute Gasteiger partial charge is 0.257 e. The van der Waals surface area contributed by atoms with E-state index in [4.69, 9.17) is 27.9 Å². The molecule has 0 saturated heterocycles. The summed E-state index contributed by atoms with van der Waals surface area (Å²) in [5.41, 5.74) is 1.05. The molecular formula is C20H23Cl2NO2. The molecule has 2 aromatic carbocycles. The lowest BCUT2D eigenvalue weighted by Crippen LogP contribution is -2.12. The average Bonchev–Trinajstić information content (AvgIpc) is 2.58. The highest BCUT2D eigenvalue weighted by Crippen LogP contribution is 2.23. The summed E-state index contributed by atoms with van der Waals surface area (Å²) < 4.78 is 5.76. The lowest BCUT2D eigenvalue weighted by atomic mass is 10.2. The Morgan fingerprint density at radius 2 is 1.84 bits per heavy atom. The molecular weight excluding hydrogens is 357 g/mol. The first-order chi connectivity index (χ1) is 12.1. The highest BCUT2D eigenvalue weighted by Gasteiger charge is 2.11. The van der Waals surface area contributed by atoms with E-state index in [1.807, 2.05) is 24.3 Å². The number of carbonyl (C=O) groups excluding carboxylic acids is 1. The molecule has 2 aromatic rings. The molecule has 0 aliphatic rings. The summed E-state index contributed by atoms with van der Waals surface area (Å²) in [6.45, 7) is 2.89. The van der Waals surface area contributed by atoms with E-state index >= 15 is 0 Å². The number of hydrogen-bond acceptors (Lipinski definition) is 2. The molecule has 2 rings (SSSR count). The third-order valence-electron chi connectivity index (χ3n) is 3.78. The summed E-state index contributed by atoms with van der Waals surface area (Å²) >= 11 is 11.9. The Kier molecular flexibility index (Phi) is 8.10. The van der Waals surface area contributed by atoms with E-state index in [2.05, 4.69) is 12.2 Å². The molecule has 0 spiro atoms. The molecule has 0 atom stereocenters. The lowest BCUT2D eigenvalue weighted by Gasteiger charge is -2.10. The zero-order chi connectivity index (χ0) is 18.1. The Balaban J connectivity index is 1.89. The maximum absolute atomic E-state index is 12.3. The van der Waals surface area contributed by atoms with Gasteiger partial charge in [0.05, 0.1) is 17.2 Å². The maximum atomic E-state index is 12.3. The number of halogens is 2. The topological polar surface area (TPSA) is 38.3 Å². The Hall–Kier alpha value is -1.71. The van der Waals surface area contributed by atoms with Crippen molar-refractivity contribution in [1.29, 1.82) is 0 Å². The van der Waals surface area contributed by atoms with Crippen LogP contribution in [-0.2, 0) is 0 Å². The Labute approximate surface area is 159 Å². The summed E-state index contributed by atoms with van der Waals surface area (Å²) in [7, 11) is 0. The van der Waals surface area contributed by atoms with Crippen molar-refractivity contribution in [2.45, 2.75) is 39.0 Å². The van der Waals surface area contributed by atoms with Crippen LogP contribution in [0.15, 0.2) is 42.5 Å². The molecule has 0 aliphatic carbocycles. The summed E-state index contributed by atoms with van der Waals surface area (Å²) in [6, 6.07) is 12.2. The number of ether oxygens (including phenoxy) is 1. The number of unbranched alkanes of at least 4 members (excludes halogenated alkanes) is 4. The van der Waals surface area contributed by atoms with Gasteiger partial charge in [0, 0.05) is 16.8 Å². The maximum Gasteiger partial charge on any atom is 0.257 e. The average molecular weight is 380 g/mol. The standard InChI is InChI=1S/C20H23Cl2NO2/c1-2-3-4-5-6-12-25-17-9-7-8-16(14-17)23-20(24)18-11-10-15(21)13-19(18)22/h7-11,13-14H,2-6,12H2,1H3,(H,23,24). The zero-order valence-electron chi connectivity index (χ0n) is 14.4. The molecule has 3 nitrogen and oxygen atoms in total. The molecule has 134 valence electrons. The van der Waals surface area contributed by atoms with Crippen molar-refractivity contribution in [1.82, 2.24) is 0 Å². The second-order valence-corrected chi connectivity index (χ2v) is 6.71. The number of anilines is 1. The van der Waals surface area contributed by atoms with Crippen LogP contribution in [0.5, 0.6) is 5.75 Å². The van der Waals surface area contributed by atoms with Gasteiger partial charge in [0.2, 0.25) is 0 Å². The quantitative estimate of drug-likeness (QED) is 0.498. The normalized spacial score (nSPS) is 10.5. The van der Waals surface area contributed by atoms with Gasteiger partial charge < -0.3 is 10.1 Å².